The van der Waals surface area contributed by atoms with E-state index in [-0.39, 0.29) is 23.2 Å². The molecule has 6 nitrogen and oxygen atoms in total. The van der Waals surface area contributed by atoms with Crippen LogP contribution in [0.1, 0.15) is 37.7 Å². The van der Waals surface area contributed by atoms with E-state index in [1.165, 1.54) is 6.33 Å². The van der Waals surface area contributed by atoms with Crippen molar-refractivity contribution in [2.75, 3.05) is 23.3 Å². The summed E-state index contributed by atoms with van der Waals surface area (Å²) < 4.78 is 69.3. The van der Waals surface area contributed by atoms with Gasteiger partial charge in [0.2, 0.25) is 5.95 Å². The van der Waals surface area contributed by atoms with Crippen LogP contribution in [0.2, 0.25) is 0 Å². The van der Waals surface area contributed by atoms with Crippen LogP contribution in [0.5, 0.6) is 0 Å². The number of hydrogen-bond acceptors (Lipinski definition) is 5. The van der Waals surface area contributed by atoms with E-state index in [1.807, 2.05) is 4.90 Å². The Morgan fingerprint density at radius 3 is 2.37 bits per heavy atom. The van der Waals surface area contributed by atoms with Gasteiger partial charge in [-0.25, -0.2) is 13.5 Å². The molecule has 2 aliphatic rings. The summed E-state index contributed by atoms with van der Waals surface area (Å²) in [5.41, 5.74) is -0.951. The molecule has 1 saturated carbocycles. The van der Waals surface area contributed by atoms with E-state index in [4.69, 9.17) is 0 Å². The number of halogens is 5. The van der Waals surface area contributed by atoms with Crippen molar-refractivity contribution in [1.82, 2.24) is 14.8 Å². The van der Waals surface area contributed by atoms with Gasteiger partial charge in [0, 0.05) is 36.4 Å². The zero-order valence-corrected chi connectivity index (χ0v) is 18.7. The van der Waals surface area contributed by atoms with Crippen LogP contribution < -0.4 is 10.2 Å². The number of nitrogens with one attached hydrogen (secondary N) is 1. The third-order valence-electron chi connectivity index (χ3n) is 6.87. The molecule has 1 unspecified atom stereocenters. The first-order valence-electron chi connectivity index (χ1n) is 11.4. The fraction of sp³-hybridized carbons (Fsp3) is 0.417. The Morgan fingerprint density at radius 1 is 0.971 bits per heavy atom. The summed E-state index contributed by atoms with van der Waals surface area (Å²) in [6.07, 6.45) is 0.683. The Kier molecular flexibility index (Phi) is 5.90. The molecule has 1 aliphatic heterocycles. The van der Waals surface area contributed by atoms with Gasteiger partial charge in [0.05, 0.1) is 16.9 Å². The molecule has 2 heterocycles. The zero-order valence-electron chi connectivity index (χ0n) is 18.7. The minimum atomic E-state index is -4.57. The fourth-order valence-electron chi connectivity index (χ4n) is 4.87. The molecular formula is C24H24F5N5O. The molecule has 0 spiro atoms. The highest BCUT2D eigenvalue weighted by Gasteiger charge is 2.44. The smallest absolute Gasteiger partial charge is 0.390 e. The molecule has 35 heavy (non-hydrogen) atoms. The molecule has 1 atom stereocenters. The lowest BCUT2D eigenvalue weighted by Crippen LogP contribution is -2.51. The van der Waals surface area contributed by atoms with Gasteiger partial charge in [-0.05, 0) is 62.4 Å². The van der Waals surface area contributed by atoms with E-state index >= 15 is 0 Å². The number of anilines is 3. The van der Waals surface area contributed by atoms with E-state index in [1.54, 1.807) is 6.07 Å². The van der Waals surface area contributed by atoms with Crippen LogP contribution in [-0.2, 0) is 6.18 Å². The number of aliphatic hydroxyl groups is 1. The van der Waals surface area contributed by atoms with Crippen molar-refractivity contribution in [3.63, 3.8) is 0 Å². The maximum atomic E-state index is 13.7. The van der Waals surface area contributed by atoms with Crippen molar-refractivity contribution in [2.45, 2.75) is 43.9 Å². The highest BCUT2D eigenvalue weighted by molar-refractivity contribution is 5.64. The number of piperidine rings is 1. The average Bonchev–Trinajstić information content (AvgIpc) is 3.24. The number of hydrogen-bond donors (Lipinski definition) is 2. The average molecular weight is 493 g/mol. The molecular weight excluding hydrogens is 469 g/mol. The van der Waals surface area contributed by atoms with Crippen LogP contribution in [0.25, 0.3) is 5.69 Å². The summed E-state index contributed by atoms with van der Waals surface area (Å²) in [4.78, 5) is 5.89. The molecule has 0 radical (unpaired) electrons. The first kappa shape index (κ1) is 23.5. The standard InChI is InChI=1S/C24H24F5N5O/c25-17-9-18(26)11-21(10-17)34-14-30-22(32-34)31-19-7-16(24(27,28)29)8-20(12-19)33-6-1-3-15(13-33)23(35)4-2-5-23/h7-12,14-15,35H,1-6,13H2,(H,31,32). The van der Waals surface area contributed by atoms with Crippen molar-refractivity contribution in [2.24, 2.45) is 5.92 Å². The first-order valence-corrected chi connectivity index (χ1v) is 11.4. The normalized spacial score (nSPS) is 19.9. The monoisotopic (exact) mass is 493 g/mol. The van der Waals surface area contributed by atoms with Crippen LogP contribution in [0.15, 0.2) is 42.7 Å². The molecule has 1 aliphatic carbocycles. The lowest BCUT2D eigenvalue weighted by Gasteiger charge is -2.48. The minimum Gasteiger partial charge on any atom is -0.390 e. The van der Waals surface area contributed by atoms with Crippen LogP contribution >= 0.6 is 0 Å². The SMILES string of the molecule is OC1(C2CCCN(c3cc(Nc4ncn(-c5cc(F)cc(F)c5)n4)cc(C(F)(F)F)c3)C2)CCC1. The lowest BCUT2D eigenvalue weighted by atomic mass is 9.68. The third kappa shape index (κ3) is 4.95. The molecule has 2 aromatic carbocycles. The van der Waals surface area contributed by atoms with Crippen LogP contribution in [-0.4, -0.2) is 38.6 Å². The topological polar surface area (TPSA) is 66.2 Å². The first-order chi connectivity index (χ1) is 16.6. The van der Waals surface area contributed by atoms with Gasteiger partial charge in [-0.2, -0.15) is 18.2 Å². The van der Waals surface area contributed by atoms with Crippen molar-refractivity contribution >= 4 is 17.3 Å². The van der Waals surface area contributed by atoms with Crippen molar-refractivity contribution in [3.05, 3.63) is 59.9 Å². The molecule has 0 bridgehead atoms. The van der Waals surface area contributed by atoms with Gasteiger partial charge in [-0.3, -0.25) is 0 Å². The van der Waals surface area contributed by atoms with Crippen LogP contribution in [0.3, 0.4) is 0 Å². The van der Waals surface area contributed by atoms with E-state index < -0.39 is 29.0 Å². The van der Waals surface area contributed by atoms with E-state index in [0.717, 1.165) is 67.1 Å². The second-order valence-electron chi connectivity index (χ2n) is 9.27. The predicted octanol–water partition coefficient (Wildman–Crippen LogP) is 5.44. The fourth-order valence-corrected chi connectivity index (χ4v) is 4.87. The van der Waals surface area contributed by atoms with Gasteiger partial charge in [0.25, 0.3) is 0 Å². The van der Waals surface area contributed by atoms with Crippen molar-refractivity contribution in [3.8, 4) is 5.69 Å². The van der Waals surface area contributed by atoms with E-state index in [0.29, 0.717) is 18.8 Å². The molecule has 5 rings (SSSR count). The molecule has 1 aromatic heterocycles. The minimum absolute atomic E-state index is 0.0139. The largest absolute Gasteiger partial charge is 0.416 e. The number of aromatic nitrogens is 3. The molecule has 11 heteroatoms. The Balaban J connectivity index is 1.41. The predicted molar refractivity (Wildman–Crippen MR) is 120 cm³/mol. The summed E-state index contributed by atoms with van der Waals surface area (Å²) in [7, 11) is 0. The van der Waals surface area contributed by atoms with Gasteiger partial charge in [-0.1, -0.05) is 0 Å². The molecule has 186 valence electrons. The molecule has 0 amide bonds. The summed E-state index contributed by atoms with van der Waals surface area (Å²) in [6.45, 7) is 1.07. The Morgan fingerprint density at radius 2 is 1.71 bits per heavy atom. The van der Waals surface area contributed by atoms with Crippen molar-refractivity contribution < 1.29 is 27.1 Å². The molecule has 3 aromatic rings. The number of alkyl halides is 3. The van der Waals surface area contributed by atoms with E-state index in [9.17, 15) is 27.1 Å². The van der Waals surface area contributed by atoms with Crippen LogP contribution in [0.4, 0.5) is 39.3 Å². The summed E-state index contributed by atoms with van der Waals surface area (Å²) in [6, 6.07) is 6.51. The molecule has 2 N–H and O–H groups in total. The van der Waals surface area contributed by atoms with Crippen LogP contribution in [0, 0.1) is 17.6 Å². The van der Waals surface area contributed by atoms with Crippen molar-refractivity contribution in [1.29, 1.82) is 0 Å². The Labute approximate surface area is 198 Å². The van der Waals surface area contributed by atoms with Gasteiger partial charge in [0.1, 0.15) is 18.0 Å². The lowest BCUT2D eigenvalue weighted by molar-refractivity contribution is -0.137. The summed E-state index contributed by atoms with van der Waals surface area (Å²) in [5.74, 6) is -1.60. The van der Waals surface area contributed by atoms with E-state index in [2.05, 4.69) is 15.4 Å². The zero-order chi connectivity index (χ0) is 24.8. The Hall–Kier alpha value is -3.21. The molecule has 1 saturated heterocycles. The quantitative estimate of drug-likeness (QED) is 0.464. The second kappa shape index (κ2) is 8.78. The number of rotatable bonds is 5. The summed E-state index contributed by atoms with van der Waals surface area (Å²) in [5, 5.41) is 17.6. The molecule has 2 fully saturated rings. The summed E-state index contributed by atoms with van der Waals surface area (Å²) >= 11 is 0. The number of nitrogens with zero attached hydrogens (tertiary/aromatic N) is 4. The van der Waals surface area contributed by atoms with Gasteiger partial charge >= 0.3 is 6.18 Å². The van der Waals surface area contributed by atoms with Gasteiger partial charge < -0.3 is 15.3 Å². The maximum absolute atomic E-state index is 13.7. The number of benzene rings is 2. The van der Waals surface area contributed by atoms with Gasteiger partial charge in [-0.15, -0.1) is 5.10 Å². The van der Waals surface area contributed by atoms with Gasteiger partial charge in [0.15, 0.2) is 0 Å². The highest BCUT2D eigenvalue weighted by Crippen LogP contribution is 2.43. The third-order valence-corrected chi connectivity index (χ3v) is 6.87. The highest BCUT2D eigenvalue weighted by atomic mass is 19.4. The second-order valence-corrected chi connectivity index (χ2v) is 9.27. The maximum Gasteiger partial charge on any atom is 0.416 e. The Bertz CT molecular complexity index is 1200.